The van der Waals surface area contributed by atoms with Crippen LogP contribution in [-0.4, -0.2) is 48.9 Å². The van der Waals surface area contributed by atoms with Gasteiger partial charge in [-0.3, -0.25) is 4.79 Å². The number of likely N-dealkylation sites (N-methyl/N-ethyl adjacent to an activating group) is 1. The van der Waals surface area contributed by atoms with Gasteiger partial charge in [-0.1, -0.05) is 50.6 Å². The summed E-state index contributed by atoms with van der Waals surface area (Å²) in [5, 5.41) is 0. The Balaban J connectivity index is 1.70. The lowest BCUT2D eigenvalue weighted by molar-refractivity contribution is -0.129. The molecule has 0 unspecified atom stereocenters. The minimum Gasteiger partial charge on any atom is -0.334 e. The number of likely N-dealkylation sites (tertiary alicyclic amines) is 1. The van der Waals surface area contributed by atoms with Gasteiger partial charge in [0, 0.05) is 25.2 Å². The molecule has 1 aromatic rings. The Morgan fingerprint density at radius 1 is 1.14 bits per heavy atom. The first kappa shape index (κ1) is 20.1. The van der Waals surface area contributed by atoms with Crippen molar-refractivity contribution in [1.29, 1.82) is 0 Å². The van der Waals surface area contributed by atoms with Crippen LogP contribution in [0.2, 0.25) is 0 Å². The van der Waals surface area contributed by atoms with Crippen LogP contribution in [0, 0.1) is 17.8 Å². The minimum absolute atomic E-state index is 0.0859. The lowest BCUT2D eigenvalue weighted by Gasteiger charge is -2.39. The highest BCUT2D eigenvalue weighted by atomic mass is 32.2. The smallest absolute Gasteiger partial charge is 0.334 e. The quantitative estimate of drug-likeness (QED) is 0.744. The number of amides is 1. The van der Waals surface area contributed by atoms with Crippen LogP contribution in [0.1, 0.15) is 51.2 Å². The van der Waals surface area contributed by atoms with Crippen molar-refractivity contribution in [2.75, 3.05) is 13.6 Å². The van der Waals surface area contributed by atoms with Crippen molar-refractivity contribution in [3.63, 3.8) is 0 Å². The molecule has 156 valence electrons. The molecule has 7 heteroatoms. The summed E-state index contributed by atoms with van der Waals surface area (Å²) in [6, 6.07) is 7.63. The van der Waals surface area contributed by atoms with E-state index in [-0.39, 0.29) is 28.5 Å². The van der Waals surface area contributed by atoms with Crippen molar-refractivity contribution in [3.8, 4) is 0 Å². The highest BCUT2D eigenvalue weighted by Crippen LogP contribution is 2.52. The lowest BCUT2D eigenvalue weighted by Crippen LogP contribution is -2.43. The first-order valence-electron chi connectivity index (χ1n) is 10.1. The molecule has 2 fully saturated rings. The third kappa shape index (κ3) is 3.61. The van der Waals surface area contributed by atoms with Gasteiger partial charge in [0.05, 0.1) is 5.71 Å². The zero-order valence-electron chi connectivity index (χ0n) is 17.8. The molecule has 1 saturated heterocycles. The molecule has 29 heavy (non-hydrogen) atoms. The zero-order valence-corrected chi connectivity index (χ0v) is 18.6. The Labute approximate surface area is 173 Å². The van der Waals surface area contributed by atoms with E-state index in [2.05, 4.69) is 25.2 Å². The molecule has 1 aliphatic carbocycles. The predicted octanol–water partition coefficient (Wildman–Crippen LogP) is 3.29. The molecule has 2 heterocycles. The second-order valence-electron chi connectivity index (χ2n) is 9.96. The van der Waals surface area contributed by atoms with Crippen LogP contribution in [0.15, 0.2) is 40.4 Å². The molecule has 0 aromatic heterocycles. The van der Waals surface area contributed by atoms with Crippen molar-refractivity contribution >= 4 is 21.8 Å². The Bertz CT molecular complexity index is 1020. The molecular weight excluding hydrogens is 386 g/mol. The van der Waals surface area contributed by atoms with Gasteiger partial charge in [0.25, 0.3) is 5.91 Å². The van der Waals surface area contributed by atoms with Gasteiger partial charge < -0.3 is 4.90 Å². The number of allylic oxidation sites excluding steroid dienone is 1. The maximum Gasteiger partial charge on any atom is 0.345 e. The summed E-state index contributed by atoms with van der Waals surface area (Å²) in [6.45, 7) is 9.38. The fourth-order valence-corrected chi connectivity index (χ4v) is 6.37. The summed E-state index contributed by atoms with van der Waals surface area (Å²) in [4.78, 5) is 15.4. The van der Waals surface area contributed by atoms with Crippen molar-refractivity contribution < 1.29 is 13.2 Å². The van der Waals surface area contributed by atoms with Crippen LogP contribution >= 0.6 is 0 Å². The fourth-order valence-electron chi connectivity index (χ4n) is 5.46. The molecule has 2 aliphatic heterocycles. The third-order valence-corrected chi connectivity index (χ3v) is 7.73. The van der Waals surface area contributed by atoms with E-state index in [1.807, 2.05) is 36.1 Å². The van der Waals surface area contributed by atoms with Crippen LogP contribution in [-0.2, 0) is 15.0 Å². The van der Waals surface area contributed by atoms with Crippen molar-refractivity contribution in [2.24, 2.45) is 15.2 Å². The number of nitrogens with zero attached hydrogens (tertiary/aromatic N) is 3. The standard InChI is InChI=1S/C22H29N3O3S/c1-15-6-8-16(9-7-15)18-10-19(24(5)29(27,28)23-18)20(26)25-14-22(4)12-17(25)11-21(2,3)13-22/h6-10,17H,11-14H2,1-5H3/t17-,22+/m0/s1. The van der Waals surface area contributed by atoms with E-state index >= 15 is 0 Å². The fraction of sp³-hybridized carbons (Fsp3) is 0.545. The first-order chi connectivity index (χ1) is 13.4. The SMILES string of the molecule is Cc1ccc(C2=NS(=O)(=O)N(C)C(C(=O)N3C[C@]4(C)C[C@@H]3CC(C)(C)C4)=C2)cc1. The number of rotatable bonds is 2. The summed E-state index contributed by atoms with van der Waals surface area (Å²) in [6.07, 6.45) is 4.61. The maximum atomic E-state index is 13.5. The molecule has 0 spiro atoms. The van der Waals surface area contributed by atoms with Crippen LogP contribution < -0.4 is 0 Å². The minimum atomic E-state index is -3.95. The highest BCUT2D eigenvalue weighted by molar-refractivity contribution is 7.88. The average Bonchev–Trinajstić information content (AvgIpc) is 2.86. The molecular formula is C22H29N3O3S. The molecule has 1 saturated carbocycles. The van der Waals surface area contributed by atoms with Gasteiger partial charge in [0.1, 0.15) is 5.70 Å². The average molecular weight is 416 g/mol. The van der Waals surface area contributed by atoms with Crippen LogP contribution in [0.3, 0.4) is 0 Å². The summed E-state index contributed by atoms with van der Waals surface area (Å²) >= 11 is 0. The number of hydrogen-bond donors (Lipinski definition) is 0. The van der Waals surface area contributed by atoms with E-state index in [1.54, 1.807) is 6.08 Å². The molecule has 6 nitrogen and oxygen atoms in total. The number of hydrogen-bond acceptors (Lipinski definition) is 3. The summed E-state index contributed by atoms with van der Waals surface area (Å²) in [5.41, 5.74) is 2.50. The van der Waals surface area contributed by atoms with Gasteiger partial charge in [-0.25, -0.2) is 4.31 Å². The zero-order chi connectivity index (χ0) is 21.2. The Morgan fingerprint density at radius 2 is 1.79 bits per heavy atom. The van der Waals surface area contributed by atoms with Crippen LogP contribution in [0.25, 0.3) is 0 Å². The maximum absolute atomic E-state index is 13.5. The van der Waals surface area contributed by atoms with Crippen LogP contribution in [0.5, 0.6) is 0 Å². The molecule has 0 N–H and O–H groups in total. The number of carbonyl (C=O) groups is 1. The second kappa shape index (κ2) is 6.42. The molecule has 1 amide bonds. The number of fused-ring (bicyclic) bond motifs is 2. The Kier molecular flexibility index (Phi) is 4.46. The van der Waals surface area contributed by atoms with E-state index in [0.29, 0.717) is 17.8 Å². The summed E-state index contributed by atoms with van der Waals surface area (Å²) < 4.78 is 30.3. The molecule has 1 aromatic carbocycles. The second-order valence-corrected chi connectivity index (χ2v) is 11.6. The number of benzene rings is 1. The van der Waals surface area contributed by atoms with Gasteiger partial charge in [0.2, 0.25) is 0 Å². The van der Waals surface area contributed by atoms with Gasteiger partial charge in [-0.05, 0) is 43.1 Å². The molecule has 2 atom stereocenters. The normalized spacial score (nSPS) is 30.0. The lowest BCUT2D eigenvalue weighted by atomic mass is 9.65. The molecule has 2 bridgehead atoms. The van der Waals surface area contributed by atoms with Gasteiger partial charge >= 0.3 is 10.2 Å². The van der Waals surface area contributed by atoms with Crippen molar-refractivity contribution in [2.45, 2.75) is 53.0 Å². The number of aryl methyl sites for hydroxylation is 1. The summed E-state index contributed by atoms with van der Waals surface area (Å²) in [5.74, 6) is -0.220. The van der Waals surface area contributed by atoms with Crippen molar-refractivity contribution in [1.82, 2.24) is 9.21 Å². The van der Waals surface area contributed by atoms with Gasteiger partial charge in [0.15, 0.2) is 0 Å². The topological polar surface area (TPSA) is 70.0 Å². The first-order valence-corrected chi connectivity index (χ1v) is 11.5. The van der Waals surface area contributed by atoms with E-state index in [0.717, 1.165) is 29.1 Å². The highest BCUT2D eigenvalue weighted by Gasteiger charge is 2.52. The number of carbonyl (C=O) groups excluding carboxylic acids is 1. The Hall–Kier alpha value is -2.15. The molecule has 0 radical (unpaired) electrons. The molecule has 3 aliphatic rings. The van der Waals surface area contributed by atoms with Crippen molar-refractivity contribution in [3.05, 3.63) is 47.2 Å². The van der Waals surface area contributed by atoms with Gasteiger partial charge in [-0.2, -0.15) is 8.42 Å². The van der Waals surface area contributed by atoms with E-state index in [9.17, 15) is 13.2 Å². The van der Waals surface area contributed by atoms with E-state index in [1.165, 1.54) is 7.05 Å². The monoisotopic (exact) mass is 415 g/mol. The van der Waals surface area contributed by atoms with E-state index in [4.69, 9.17) is 0 Å². The van der Waals surface area contributed by atoms with E-state index < -0.39 is 10.2 Å². The molecule has 4 rings (SSSR count). The third-order valence-electron chi connectivity index (χ3n) is 6.41. The predicted molar refractivity (Wildman–Crippen MR) is 114 cm³/mol. The Morgan fingerprint density at radius 3 is 2.45 bits per heavy atom. The largest absolute Gasteiger partial charge is 0.345 e. The van der Waals surface area contributed by atoms with Crippen LogP contribution in [0.4, 0.5) is 0 Å². The van der Waals surface area contributed by atoms with Gasteiger partial charge in [-0.15, -0.1) is 4.40 Å². The summed E-state index contributed by atoms with van der Waals surface area (Å²) in [7, 11) is -2.54.